The Balaban J connectivity index is 1.16. The number of hydrogen-bond donors (Lipinski definition) is 1. The van der Waals surface area contributed by atoms with E-state index in [4.69, 9.17) is 4.98 Å². The van der Waals surface area contributed by atoms with Crippen LogP contribution in [0.1, 0.15) is 60.4 Å². The number of nitrogens with one attached hydrogen (secondary N) is 1. The number of pyridine rings is 2. The van der Waals surface area contributed by atoms with Crippen LogP contribution < -0.4 is 5.32 Å². The number of nitrogens with zero attached hydrogens (tertiary/aromatic N) is 3. The molecule has 4 saturated carbocycles. The second kappa shape index (κ2) is 7.47. The van der Waals surface area contributed by atoms with E-state index in [0.717, 1.165) is 54.2 Å². The number of rotatable bonds is 6. The molecular formula is C26H30N4O. The molecule has 3 aromatic heterocycles. The minimum absolute atomic E-state index is 0.0232. The second-order valence-corrected chi connectivity index (χ2v) is 10.3. The highest BCUT2D eigenvalue weighted by Crippen LogP contribution is 2.59. The van der Waals surface area contributed by atoms with Crippen molar-refractivity contribution in [1.82, 2.24) is 19.7 Å². The lowest BCUT2D eigenvalue weighted by Gasteiger charge is -2.56. The van der Waals surface area contributed by atoms with Gasteiger partial charge in [-0.25, -0.2) is 4.98 Å². The number of aromatic nitrogens is 3. The van der Waals surface area contributed by atoms with Gasteiger partial charge >= 0.3 is 0 Å². The summed E-state index contributed by atoms with van der Waals surface area (Å²) in [7, 11) is 0. The third kappa shape index (κ3) is 3.64. The minimum atomic E-state index is 0.0232. The minimum Gasteiger partial charge on any atom is -0.350 e. The van der Waals surface area contributed by atoms with Crippen LogP contribution in [0, 0.1) is 23.2 Å². The van der Waals surface area contributed by atoms with Crippen molar-refractivity contribution in [2.75, 3.05) is 6.54 Å². The van der Waals surface area contributed by atoms with Gasteiger partial charge in [0, 0.05) is 24.6 Å². The number of amides is 1. The Labute approximate surface area is 183 Å². The molecule has 31 heavy (non-hydrogen) atoms. The molecular weight excluding hydrogens is 384 g/mol. The number of imidazole rings is 1. The van der Waals surface area contributed by atoms with Gasteiger partial charge in [0.2, 0.25) is 0 Å². The number of aryl methyl sites for hydroxylation is 2. The average Bonchev–Trinajstić information content (AvgIpc) is 3.19. The number of carbonyl (C=O) groups is 1. The summed E-state index contributed by atoms with van der Waals surface area (Å²) in [5.74, 6) is 2.74. The Morgan fingerprint density at radius 1 is 0.968 bits per heavy atom. The van der Waals surface area contributed by atoms with Gasteiger partial charge in [0.1, 0.15) is 11.3 Å². The molecule has 4 bridgehead atoms. The Morgan fingerprint density at radius 3 is 2.42 bits per heavy atom. The molecule has 0 aliphatic heterocycles. The van der Waals surface area contributed by atoms with Crippen molar-refractivity contribution in [3.05, 3.63) is 65.9 Å². The van der Waals surface area contributed by atoms with Crippen molar-refractivity contribution in [3.63, 3.8) is 0 Å². The van der Waals surface area contributed by atoms with E-state index in [1.807, 2.05) is 53.2 Å². The van der Waals surface area contributed by atoms with E-state index >= 15 is 0 Å². The summed E-state index contributed by atoms with van der Waals surface area (Å²) in [4.78, 5) is 22.3. The predicted octanol–water partition coefficient (Wildman–Crippen LogP) is 4.46. The summed E-state index contributed by atoms with van der Waals surface area (Å²) in [6, 6.07) is 11.8. The molecule has 3 heterocycles. The Kier molecular flexibility index (Phi) is 4.58. The van der Waals surface area contributed by atoms with Gasteiger partial charge < -0.3 is 5.32 Å². The zero-order valence-electron chi connectivity index (χ0n) is 18.0. The summed E-state index contributed by atoms with van der Waals surface area (Å²) in [6.07, 6.45) is 13.7. The van der Waals surface area contributed by atoms with Gasteiger partial charge in [-0.2, -0.15) is 0 Å². The third-order valence-corrected chi connectivity index (χ3v) is 7.93. The maximum Gasteiger partial charge on any atom is 0.268 e. The molecule has 4 aliphatic carbocycles. The van der Waals surface area contributed by atoms with E-state index in [1.165, 1.54) is 38.5 Å². The Bertz CT molecular complexity index is 1070. The molecule has 0 unspecified atom stereocenters. The van der Waals surface area contributed by atoms with Crippen molar-refractivity contribution in [1.29, 1.82) is 0 Å². The monoisotopic (exact) mass is 414 g/mol. The van der Waals surface area contributed by atoms with Crippen LogP contribution in [0.5, 0.6) is 0 Å². The van der Waals surface area contributed by atoms with Crippen molar-refractivity contribution < 1.29 is 4.79 Å². The first kappa shape index (κ1) is 19.0. The molecule has 1 amide bonds. The van der Waals surface area contributed by atoms with Crippen LogP contribution in [0.4, 0.5) is 0 Å². The summed E-state index contributed by atoms with van der Waals surface area (Å²) >= 11 is 0. The normalized spacial score (nSPS) is 28.8. The van der Waals surface area contributed by atoms with E-state index < -0.39 is 0 Å². The molecule has 4 aliphatic rings. The van der Waals surface area contributed by atoms with Crippen LogP contribution in [0.15, 0.2) is 48.8 Å². The molecule has 0 spiro atoms. The Hall–Kier alpha value is -2.69. The molecule has 160 valence electrons. The van der Waals surface area contributed by atoms with Gasteiger partial charge in [0.15, 0.2) is 0 Å². The number of carbonyl (C=O) groups excluding carboxylic acids is 1. The van der Waals surface area contributed by atoms with Crippen molar-refractivity contribution in [2.24, 2.45) is 23.2 Å². The molecule has 0 atom stereocenters. The molecule has 5 nitrogen and oxygen atoms in total. The molecule has 4 fully saturated rings. The maximum absolute atomic E-state index is 13.2. The zero-order chi connectivity index (χ0) is 20.8. The standard InChI is InChI=1S/C26H30N4O/c31-25(28-17-26-13-18-10-19(14-26)12-20(11-18)15-26)23-5-3-6-24-29-22(16-30(23)24)8-7-21-4-1-2-9-27-21/h1-6,9,16,18-20H,7-8,10-15,17H2,(H,28,31). The van der Waals surface area contributed by atoms with Crippen LogP contribution in [0.25, 0.3) is 5.65 Å². The lowest BCUT2D eigenvalue weighted by Crippen LogP contribution is -2.51. The van der Waals surface area contributed by atoms with Crippen molar-refractivity contribution in [2.45, 2.75) is 51.4 Å². The maximum atomic E-state index is 13.2. The number of hydrogen-bond acceptors (Lipinski definition) is 3. The topological polar surface area (TPSA) is 59.3 Å². The molecule has 3 aromatic rings. The van der Waals surface area contributed by atoms with Crippen LogP contribution in [0.3, 0.4) is 0 Å². The first-order valence-corrected chi connectivity index (χ1v) is 11.8. The highest BCUT2D eigenvalue weighted by atomic mass is 16.1. The van der Waals surface area contributed by atoms with Crippen LogP contribution in [0.2, 0.25) is 0 Å². The molecule has 0 saturated heterocycles. The van der Waals surface area contributed by atoms with E-state index in [0.29, 0.717) is 11.1 Å². The fraction of sp³-hybridized carbons (Fsp3) is 0.500. The largest absolute Gasteiger partial charge is 0.350 e. The van der Waals surface area contributed by atoms with Gasteiger partial charge in [-0.1, -0.05) is 12.1 Å². The van der Waals surface area contributed by atoms with E-state index in [2.05, 4.69) is 10.3 Å². The van der Waals surface area contributed by atoms with Gasteiger partial charge in [-0.3, -0.25) is 14.2 Å². The molecule has 0 aromatic carbocycles. The SMILES string of the molecule is O=C(NCC12CC3CC(CC(C3)C1)C2)c1cccc2nc(CCc3ccccn3)cn12. The molecule has 7 rings (SSSR count). The lowest BCUT2D eigenvalue weighted by molar-refractivity contribution is -0.0503. The zero-order valence-corrected chi connectivity index (χ0v) is 18.0. The average molecular weight is 415 g/mol. The third-order valence-electron chi connectivity index (χ3n) is 7.93. The number of fused-ring (bicyclic) bond motifs is 1. The van der Waals surface area contributed by atoms with E-state index in [9.17, 15) is 4.79 Å². The van der Waals surface area contributed by atoms with E-state index in [-0.39, 0.29) is 5.91 Å². The van der Waals surface area contributed by atoms with Crippen LogP contribution in [-0.4, -0.2) is 26.8 Å². The highest BCUT2D eigenvalue weighted by molar-refractivity contribution is 5.93. The first-order valence-electron chi connectivity index (χ1n) is 11.8. The van der Waals surface area contributed by atoms with Crippen molar-refractivity contribution in [3.8, 4) is 0 Å². The van der Waals surface area contributed by atoms with Crippen LogP contribution >= 0.6 is 0 Å². The summed E-state index contributed by atoms with van der Waals surface area (Å²) in [6.45, 7) is 0.826. The van der Waals surface area contributed by atoms with E-state index in [1.54, 1.807) is 0 Å². The highest BCUT2D eigenvalue weighted by Gasteiger charge is 2.50. The summed E-state index contributed by atoms with van der Waals surface area (Å²) < 4.78 is 1.95. The van der Waals surface area contributed by atoms with Gasteiger partial charge in [0.25, 0.3) is 5.91 Å². The molecule has 5 heteroatoms. The van der Waals surface area contributed by atoms with Crippen LogP contribution in [-0.2, 0) is 12.8 Å². The quantitative estimate of drug-likeness (QED) is 0.648. The lowest BCUT2D eigenvalue weighted by atomic mass is 9.49. The molecule has 0 radical (unpaired) electrons. The van der Waals surface area contributed by atoms with Gasteiger partial charge in [0.05, 0.1) is 5.69 Å². The van der Waals surface area contributed by atoms with Gasteiger partial charge in [-0.15, -0.1) is 0 Å². The smallest absolute Gasteiger partial charge is 0.268 e. The fourth-order valence-electron chi connectivity index (χ4n) is 7.03. The first-order chi connectivity index (χ1) is 15.2. The predicted molar refractivity (Wildman–Crippen MR) is 120 cm³/mol. The summed E-state index contributed by atoms with van der Waals surface area (Å²) in [5.41, 5.74) is 3.92. The Morgan fingerprint density at radius 2 is 1.71 bits per heavy atom. The molecule has 1 N–H and O–H groups in total. The second-order valence-electron chi connectivity index (χ2n) is 10.3. The van der Waals surface area contributed by atoms with Gasteiger partial charge in [-0.05, 0) is 98.8 Å². The summed E-state index contributed by atoms with van der Waals surface area (Å²) in [5, 5.41) is 3.32. The van der Waals surface area contributed by atoms with Crippen molar-refractivity contribution >= 4 is 11.6 Å². The fourth-order valence-corrected chi connectivity index (χ4v) is 7.03.